The van der Waals surface area contributed by atoms with Crippen LogP contribution in [0, 0.1) is 0 Å². The number of pyridine rings is 1. The Kier molecular flexibility index (Phi) is 5.70. The minimum Gasteiger partial charge on any atom is -0.480 e. The summed E-state index contributed by atoms with van der Waals surface area (Å²) in [7, 11) is 0. The Morgan fingerprint density at radius 1 is 1.28 bits per heavy atom. The standard InChI is InChI=1S/C16H21N7O2/c24-15(25)11-18-10-12-9-14(23-7-5-17-6-8-23)22-16(20-12)21-13-3-1-2-4-19-13/h1-4,9,17-18H,5-8,10-11H2,(H,24,25)(H,19,20,21,22). The van der Waals surface area contributed by atoms with E-state index < -0.39 is 5.97 Å². The van der Waals surface area contributed by atoms with Crippen LogP contribution in [0.3, 0.4) is 0 Å². The molecule has 0 radical (unpaired) electrons. The molecule has 0 bridgehead atoms. The van der Waals surface area contributed by atoms with E-state index >= 15 is 0 Å². The van der Waals surface area contributed by atoms with Crippen molar-refractivity contribution in [1.29, 1.82) is 0 Å². The second-order valence-corrected chi connectivity index (χ2v) is 5.62. The fourth-order valence-electron chi connectivity index (χ4n) is 2.53. The van der Waals surface area contributed by atoms with E-state index in [1.807, 2.05) is 24.3 Å². The summed E-state index contributed by atoms with van der Waals surface area (Å²) in [5, 5.41) is 18.0. The summed E-state index contributed by atoms with van der Waals surface area (Å²) in [4.78, 5) is 26.1. The van der Waals surface area contributed by atoms with Crippen LogP contribution in [0.4, 0.5) is 17.6 Å². The van der Waals surface area contributed by atoms with Gasteiger partial charge in [0.05, 0.1) is 12.2 Å². The zero-order valence-electron chi connectivity index (χ0n) is 13.8. The van der Waals surface area contributed by atoms with Crippen molar-refractivity contribution in [3.63, 3.8) is 0 Å². The average molecular weight is 343 g/mol. The van der Waals surface area contributed by atoms with Gasteiger partial charge in [-0.05, 0) is 12.1 Å². The number of nitrogens with zero attached hydrogens (tertiary/aromatic N) is 4. The normalized spacial score (nSPS) is 14.3. The number of anilines is 3. The fourth-order valence-corrected chi connectivity index (χ4v) is 2.53. The molecule has 25 heavy (non-hydrogen) atoms. The molecule has 0 atom stereocenters. The molecular weight excluding hydrogens is 322 g/mol. The molecule has 1 aliphatic heterocycles. The molecule has 0 aliphatic carbocycles. The molecule has 9 heteroatoms. The minimum atomic E-state index is -0.900. The van der Waals surface area contributed by atoms with E-state index in [0.717, 1.165) is 37.7 Å². The highest BCUT2D eigenvalue weighted by Crippen LogP contribution is 2.18. The van der Waals surface area contributed by atoms with Gasteiger partial charge in [0.25, 0.3) is 0 Å². The van der Waals surface area contributed by atoms with Gasteiger partial charge >= 0.3 is 5.97 Å². The summed E-state index contributed by atoms with van der Waals surface area (Å²) in [5.41, 5.74) is 0.725. The molecule has 0 saturated carbocycles. The predicted molar refractivity (Wildman–Crippen MR) is 94.0 cm³/mol. The second-order valence-electron chi connectivity index (χ2n) is 5.62. The SMILES string of the molecule is O=C(O)CNCc1cc(N2CCNCC2)nc(Nc2ccccn2)n1. The van der Waals surface area contributed by atoms with Gasteiger partial charge in [-0.15, -0.1) is 0 Å². The maximum Gasteiger partial charge on any atom is 0.317 e. The zero-order valence-corrected chi connectivity index (χ0v) is 13.8. The van der Waals surface area contributed by atoms with Crippen LogP contribution in [0.25, 0.3) is 0 Å². The van der Waals surface area contributed by atoms with E-state index in [0.29, 0.717) is 18.3 Å². The number of carboxylic acid groups (broad SMARTS) is 1. The molecule has 1 saturated heterocycles. The van der Waals surface area contributed by atoms with Gasteiger partial charge in [0, 0.05) is 45.0 Å². The van der Waals surface area contributed by atoms with Gasteiger partial charge in [0.1, 0.15) is 11.6 Å². The van der Waals surface area contributed by atoms with E-state index in [1.165, 1.54) is 0 Å². The molecule has 3 rings (SSSR count). The molecule has 4 N–H and O–H groups in total. The molecule has 132 valence electrons. The summed E-state index contributed by atoms with van der Waals surface area (Å²) in [6.07, 6.45) is 1.69. The quantitative estimate of drug-likeness (QED) is 0.559. The van der Waals surface area contributed by atoms with Crippen molar-refractivity contribution in [2.45, 2.75) is 6.54 Å². The Morgan fingerprint density at radius 3 is 2.84 bits per heavy atom. The molecule has 3 heterocycles. The van der Waals surface area contributed by atoms with Gasteiger partial charge in [-0.3, -0.25) is 4.79 Å². The van der Waals surface area contributed by atoms with Crippen molar-refractivity contribution >= 4 is 23.6 Å². The number of nitrogens with one attached hydrogen (secondary N) is 3. The Hall–Kier alpha value is -2.78. The van der Waals surface area contributed by atoms with Crippen LogP contribution < -0.4 is 20.9 Å². The Labute approximate surface area is 145 Å². The lowest BCUT2D eigenvalue weighted by atomic mass is 10.3. The monoisotopic (exact) mass is 343 g/mol. The van der Waals surface area contributed by atoms with E-state index in [9.17, 15) is 4.79 Å². The van der Waals surface area contributed by atoms with Crippen molar-refractivity contribution in [2.24, 2.45) is 0 Å². The van der Waals surface area contributed by atoms with Crippen molar-refractivity contribution in [2.75, 3.05) is 42.9 Å². The smallest absolute Gasteiger partial charge is 0.317 e. The van der Waals surface area contributed by atoms with Gasteiger partial charge < -0.3 is 26.0 Å². The Morgan fingerprint density at radius 2 is 2.12 bits per heavy atom. The summed E-state index contributed by atoms with van der Waals surface area (Å²) in [6, 6.07) is 7.45. The van der Waals surface area contributed by atoms with E-state index in [4.69, 9.17) is 5.11 Å². The third kappa shape index (κ3) is 5.10. The van der Waals surface area contributed by atoms with E-state index in [2.05, 4.69) is 35.8 Å². The maximum absolute atomic E-state index is 10.7. The highest BCUT2D eigenvalue weighted by molar-refractivity contribution is 5.69. The van der Waals surface area contributed by atoms with Crippen molar-refractivity contribution in [3.05, 3.63) is 36.2 Å². The lowest BCUT2D eigenvalue weighted by Crippen LogP contribution is -2.44. The molecule has 9 nitrogen and oxygen atoms in total. The summed E-state index contributed by atoms with van der Waals surface area (Å²) in [5.74, 6) is 1.02. The van der Waals surface area contributed by atoms with Crippen molar-refractivity contribution in [3.8, 4) is 0 Å². The largest absolute Gasteiger partial charge is 0.480 e. The molecular formula is C16H21N7O2. The maximum atomic E-state index is 10.7. The third-order valence-corrected chi connectivity index (χ3v) is 3.69. The van der Waals surface area contributed by atoms with Gasteiger partial charge in [-0.25, -0.2) is 9.97 Å². The topological polar surface area (TPSA) is 115 Å². The second kappa shape index (κ2) is 8.36. The Bertz CT molecular complexity index is 705. The fraction of sp³-hybridized carbons (Fsp3) is 0.375. The van der Waals surface area contributed by atoms with Gasteiger partial charge in [0.2, 0.25) is 5.95 Å². The van der Waals surface area contributed by atoms with Gasteiger partial charge in [0.15, 0.2) is 0 Å². The lowest BCUT2D eigenvalue weighted by molar-refractivity contribution is -0.135. The van der Waals surface area contributed by atoms with Crippen LogP contribution in [0.2, 0.25) is 0 Å². The number of piperazine rings is 1. The highest BCUT2D eigenvalue weighted by Gasteiger charge is 2.15. The first kappa shape index (κ1) is 17.1. The molecule has 2 aromatic rings. The van der Waals surface area contributed by atoms with Crippen LogP contribution in [-0.4, -0.2) is 58.8 Å². The predicted octanol–water partition coefficient (Wildman–Crippen LogP) is 0.199. The molecule has 0 amide bonds. The van der Waals surface area contributed by atoms with Gasteiger partial charge in [-0.1, -0.05) is 6.07 Å². The number of carboxylic acids is 1. The molecule has 0 aromatic carbocycles. The number of rotatable bonds is 7. The Balaban J connectivity index is 1.80. The van der Waals surface area contributed by atoms with Crippen LogP contribution in [0.15, 0.2) is 30.5 Å². The number of aromatic nitrogens is 3. The lowest BCUT2D eigenvalue weighted by Gasteiger charge is -2.28. The molecule has 0 unspecified atom stereocenters. The summed E-state index contributed by atoms with van der Waals surface area (Å²) >= 11 is 0. The first-order chi connectivity index (χ1) is 12.2. The molecule has 1 aliphatic rings. The number of hydrogen-bond acceptors (Lipinski definition) is 8. The number of aliphatic carboxylic acids is 1. The van der Waals surface area contributed by atoms with E-state index in [1.54, 1.807) is 6.20 Å². The third-order valence-electron chi connectivity index (χ3n) is 3.69. The number of hydrogen-bond donors (Lipinski definition) is 4. The first-order valence-electron chi connectivity index (χ1n) is 8.15. The molecule has 0 spiro atoms. The number of carbonyl (C=O) groups is 1. The van der Waals surface area contributed by atoms with Gasteiger partial charge in [-0.2, -0.15) is 4.98 Å². The summed E-state index contributed by atoms with van der Waals surface area (Å²) < 4.78 is 0. The summed E-state index contributed by atoms with van der Waals surface area (Å²) in [6.45, 7) is 3.77. The van der Waals surface area contributed by atoms with Crippen molar-refractivity contribution in [1.82, 2.24) is 25.6 Å². The average Bonchev–Trinajstić information content (AvgIpc) is 2.63. The van der Waals surface area contributed by atoms with Crippen molar-refractivity contribution < 1.29 is 9.90 Å². The van der Waals surface area contributed by atoms with Crippen LogP contribution in [0.1, 0.15) is 5.69 Å². The first-order valence-corrected chi connectivity index (χ1v) is 8.15. The minimum absolute atomic E-state index is 0.115. The zero-order chi connectivity index (χ0) is 17.5. The molecule has 2 aromatic heterocycles. The highest BCUT2D eigenvalue weighted by atomic mass is 16.4. The van der Waals surface area contributed by atoms with Crippen LogP contribution in [0.5, 0.6) is 0 Å². The van der Waals surface area contributed by atoms with Crippen LogP contribution in [-0.2, 0) is 11.3 Å². The van der Waals surface area contributed by atoms with Crippen LogP contribution >= 0.6 is 0 Å². The molecule has 1 fully saturated rings. The van der Waals surface area contributed by atoms with E-state index in [-0.39, 0.29) is 6.54 Å².